The van der Waals surface area contributed by atoms with E-state index in [1.54, 1.807) is 20.8 Å². The lowest BCUT2D eigenvalue weighted by Gasteiger charge is -2.39. The van der Waals surface area contributed by atoms with Gasteiger partial charge in [0.2, 0.25) is 16.6 Å². The van der Waals surface area contributed by atoms with Gasteiger partial charge < -0.3 is 23.6 Å². The minimum absolute atomic E-state index is 0.0516. The Morgan fingerprint density at radius 1 is 0.787 bits per heavy atom. The van der Waals surface area contributed by atoms with Gasteiger partial charge in [-0.15, -0.1) is 0 Å². The molecule has 1 fully saturated rings. The monoisotopic (exact) mass is 683 g/mol. The SMILES string of the molecule is CC(C)(C)OC(=O)N[C@H](Cc1ccccc1)C(=O)O[C@H]1CC[C@H](c2ccc(O[Si](C)(C)C(C)(C)C)cc2O[Si](C)(C)C(C)(C)C)CC1. The quantitative estimate of drug-likeness (QED) is 0.198. The van der Waals surface area contributed by atoms with Gasteiger partial charge in [-0.05, 0) is 106 Å². The second-order valence-electron chi connectivity index (χ2n) is 17.2. The number of nitrogens with one attached hydrogen (secondary N) is 1. The molecule has 1 aliphatic rings. The molecule has 262 valence electrons. The summed E-state index contributed by atoms with van der Waals surface area (Å²) in [6.07, 6.45) is 2.70. The molecule has 7 nitrogen and oxygen atoms in total. The number of hydrogen-bond donors (Lipinski definition) is 1. The number of benzene rings is 2. The van der Waals surface area contributed by atoms with Crippen LogP contribution in [0, 0.1) is 0 Å². The van der Waals surface area contributed by atoms with Crippen LogP contribution in [0.5, 0.6) is 11.5 Å². The third-order valence-electron chi connectivity index (χ3n) is 9.99. The second kappa shape index (κ2) is 14.8. The summed E-state index contributed by atoms with van der Waals surface area (Å²) in [5.74, 6) is 1.65. The van der Waals surface area contributed by atoms with Gasteiger partial charge in [0.05, 0.1) is 0 Å². The number of alkyl carbamates (subject to hydrolysis) is 1. The summed E-state index contributed by atoms with van der Waals surface area (Å²) in [5, 5.41) is 2.90. The maximum Gasteiger partial charge on any atom is 0.408 e. The first-order valence-electron chi connectivity index (χ1n) is 17.2. The lowest BCUT2D eigenvalue weighted by molar-refractivity contribution is -0.153. The Hall–Kier alpha value is -2.79. The van der Waals surface area contributed by atoms with Gasteiger partial charge in [-0.2, -0.15) is 0 Å². The van der Waals surface area contributed by atoms with Crippen molar-refractivity contribution in [3.05, 3.63) is 59.7 Å². The van der Waals surface area contributed by atoms with Gasteiger partial charge in [0.25, 0.3) is 0 Å². The molecule has 1 N–H and O–H groups in total. The molecule has 1 amide bonds. The third kappa shape index (κ3) is 11.1. The van der Waals surface area contributed by atoms with Crippen LogP contribution in [0.3, 0.4) is 0 Å². The van der Waals surface area contributed by atoms with E-state index in [0.717, 1.165) is 42.7 Å². The smallest absolute Gasteiger partial charge is 0.408 e. The maximum atomic E-state index is 13.5. The molecule has 9 heteroatoms. The molecule has 2 aromatic carbocycles. The highest BCUT2D eigenvalue weighted by molar-refractivity contribution is 6.75. The van der Waals surface area contributed by atoms with Crippen LogP contribution < -0.4 is 14.2 Å². The topological polar surface area (TPSA) is 83.1 Å². The predicted molar refractivity (Wildman–Crippen MR) is 196 cm³/mol. The van der Waals surface area contributed by atoms with E-state index >= 15 is 0 Å². The van der Waals surface area contributed by atoms with Crippen molar-refractivity contribution in [1.82, 2.24) is 5.32 Å². The van der Waals surface area contributed by atoms with Crippen LogP contribution in [0.15, 0.2) is 48.5 Å². The van der Waals surface area contributed by atoms with E-state index in [1.807, 2.05) is 30.3 Å². The summed E-state index contributed by atoms with van der Waals surface area (Å²) in [7, 11) is -4.16. The summed E-state index contributed by atoms with van der Waals surface area (Å²) >= 11 is 0. The minimum atomic E-state index is -2.13. The molecular weight excluding hydrogens is 623 g/mol. The lowest BCUT2D eigenvalue weighted by Crippen LogP contribution is -2.46. The number of carbonyl (C=O) groups excluding carboxylic acids is 2. The second-order valence-corrected chi connectivity index (χ2v) is 26.7. The molecule has 1 atom stereocenters. The third-order valence-corrected chi connectivity index (χ3v) is 18.7. The molecule has 47 heavy (non-hydrogen) atoms. The zero-order chi connectivity index (χ0) is 35.4. The van der Waals surface area contributed by atoms with Gasteiger partial charge in [0.1, 0.15) is 29.2 Å². The molecule has 0 heterocycles. The van der Waals surface area contributed by atoms with Gasteiger partial charge in [0.15, 0.2) is 0 Å². The van der Waals surface area contributed by atoms with Crippen molar-refractivity contribution in [3.63, 3.8) is 0 Å². The van der Waals surface area contributed by atoms with Gasteiger partial charge >= 0.3 is 12.1 Å². The van der Waals surface area contributed by atoms with Crippen LogP contribution >= 0.6 is 0 Å². The molecule has 2 aromatic rings. The van der Waals surface area contributed by atoms with Gasteiger partial charge in [-0.3, -0.25) is 0 Å². The highest BCUT2D eigenvalue weighted by Crippen LogP contribution is 2.45. The van der Waals surface area contributed by atoms with Crippen molar-refractivity contribution in [3.8, 4) is 11.5 Å². The number of esters is 1. The van der Waals surface area contributed by atoms with E-state index in [1.165, 1.54) is 5.56 Å². The van der Waals surface area contributed by atoms with E-state index < -0.39 is 40.3 Å². The fourth-order valence-electron chi connectivity index (χ4n) is 5.11. The number of carbonyl (C=O) groups is 2. The molecular formula is C38H61NO6Si2. The van der Waals surface area contributed by atoms with Crippen molar-refractivity contribution in [2.45, 2.75) is 154 Å². The van der Waals surface area contributed by atoms with Crippen molar-refractivity contribution in [2.75, 3.05) is 0 Å². The molecule has 0 bridgehead atoms. The van der Waals surface area contributed by atoms with Crippen molar-refractivity contribution in [2.24, 2.45) is 0 Å². The van der Waals surface area contributed by atoms with E-state index in [4.69, 9.17) is 18.3 Å². The molecule has 0 unspecified atom stereocenters. The Labute approximate surface area is 286 Å². The highest BCUT2D eigenvalue weighted by atomic mass is 28.4. The normalized spacial score (nSPS) is 18.6. The first-order chi connectivity index (χ1) is 21.5. The van der Waals surface area contributed by atoms with E-state index in [2.05, 4.69) is 91.2 Å². The summed E-state index contributed by atoms with van der Waals surface area (Å²) < 4.78 is 25.2. The Morgan fingerprint density at radius 3 is 1.87 bits per heavy atom. The van der Waals surface area contributed by atoms with Gasteiger partial charge in [-0.25, -0.2) is 9.59 Å². The molecule has 0 aliphatic heterocycles. The molecule has 0 aromatic heterocycles. The van der Waals surface area contributed by atoms with Crippen molar-refractivity contribution >= 4 is 28.7 Å². The Bertz CT molecular complexity index is 1350. The predicted octanol–water partition coefficient (Wildman–Crippen LogP) is 10.2. The zero-order valence-corrected chi connectivity index (χ0v) is 33.3. The minimum Gasteiger partial charge on any atom is -0.543 e. The van der Waals surface area contributed by atoms with Crippen LogP contribution in [0.1, 0.15) is 105 Å². The average molecular weight is 684 g/mol. The number of ether oxygens (including phenoxy) is 2. The van der Waals surface area contributed by atoms with Crippen molar-refractivity contribution < 1.29 is 27.9 Å². The largest absolute Gasteiger partial charge is 0.543 e. The molecule has 3 rings (SSSR count). The standard InChI is InChI=1S/C38H61NO6Si2/c1-36(2,3)43-35(41)39-32(25-27-17-15-14-16-18-27)34(40)42-29-21-19-28(20-22-29)31-24-23-30(44-46(10,11)37(4,5)6)26-33(31)45-47(12,13)38(7,8)9/h14-18,23-24,26,28-29,32H,19-22,25H2,1-13H3,(H,39,41)/t28-,29-,32-/m1/s1. The van der Waals surface area contributed by atoms with Crippen LogP contribution in [0.25, 0.3) is 0 Å². The Kier molecular flexibility index (Phi) is 12.1. The average Bonchev–Trinajstić information content (AvgIpc) is 2.91. The highest BCUT2D eigenvalue weighted by Gasteiger charge is 2.41. The van der Waals surface area contributed by atoms with E-state index in [-0.39, 0.29) is 22.1 Å². The summed E-state index contributed by atoms with van der Waals surface area (Å²) in [6, 6.07) is 15.2. The van der Waals surface area contributed by atoms with Crippen molar-refractivity contribution in [1.29, 1.82) is 0 Å². The zero-order valence-electron chi connectivity index (χ0n) is 31.3. The van der Waals surface area contributed by atoms with Gasteiger partial charge in [-0.1, -0.05) is 77.9 Å². The summed E-state index contributed by atoms with van der Waals surface area (Å²) in [5.41, 5.74) is 1.46. The molecule has 1 saturated carbocycles. The van der Waals surface area contributed by atoms with Crippen LogP contribution in [-0.4, -0.2) is 46.4 Å². The Morgan fingerprint density at radius 2 is 1.34 bits per heavy atom. The van der Waals surface area contributed by atoms with Crippen LogP contribution in [0.2, 0.25) is 36.3 Å². The number of hydrogen-bond acceptors (Lipinski definition) is 6. The summed E-state index contributed by atoms with van der Waals surface area (Å²) in [6.45, 7) is 28.0. The number of amides is 1. The van der Waals surface area contributed by atoms with Gasteiger partial charge in [0, 0.05) is 12.5 Å². The number of rotatable bonds is 10. The van der Waals surface area contributed by atoms with Crippen LogP contribution in [0.4, 0.5) is 4.79 Å². The molecule has 0 radical (unpaired) electrons. The molecule has 0 saturated heterocycles. The fraction of sp³-hybridized carbons (Fsp3) is 0.632. The Balaban J connectivity index is 1.77. The molecule has 1 aliphatic carbocycles. The van der Waals surface area contributed by atoms with E-state index in [0.29, 0.717) is 6.42 Å². The van der Waals surface area contributed by atoms with Crippen LogP contribution in [-0.2, 0) is 20.7 Å². The first-order valence-corrected chi connectivity index (χ1v) is 23.0. The fourth-order valence-corrected chi connectivity index (χ4v) is 7.17. The summed E-state index contributed by atoms with van der Waals surface area (Å²) in [4.78, 5) is 26.1. The lowest BCUT2D eigenvalue weighted by atomic mass is 9.82. The first kappa shape index (κ1) is 38.7. The maximum absolute atomic E-state index is 13.5. The molecule has 0 spiro atoms. The van der Waals surface area contributed by atoms with E-state index in [9.17, 15) is 9.59 Å².